The van der Waals surface area contributed by atoms with Crippen molar-refractivity contribution in [1.29, 1.82) is 0 Å². The molecule has 0 bridgehead atoms. The van der Waals surface area contributed by atoms with Crippen molar-refractivity contribution in [3.63, 3.8) is 0 Å². The fourth-order valence-electron chi connectivity index (χ4n) is 2.02. The van der Waals surface area contributed by atoms with Gasteiger partial charge in [-0.1, -0.05) is 6.07 Å². The zero-order valence-corrected chi connectivity index (χ0v) is 10.9. The fraction of sp³-hybridized carbons (Fsp3) is 0.500. The summed E-state index contributed by atoms with van der Waals surface area (Å²) < 4.78 is 0. The Kier molecular flexibility index (Phi) is 4.46. The number of hydrogen-bond acceptors (Lipinski definition) is 5. The van der Waals surface area contributed by atoms with Gasteiger partial charge in [0.05, 0.1) is 18.0 Å². The van der Waals surface area contributed by atoms with Crippen LogP contribution in [-0.2, 0) is 4.79 Å². The third-order valence-electron chi connectivity index (χ3n) is 2.99. The maximum Gasteiger partial charge on any atom is 0.317 e. The van der Waals surface area contributed by atoms with E-state index < -0.39 is 5.97 Å². The molecule has 0 saturated carbocycles. The normalized spacial score (nSPS) is 17.8. The van der Waals surface area contributed by atoms with E-state index in [1.165, 1.54) is 11.3 Å². The number of carbonyl (C=O) groups is 2. The molecule has 0 aromatic carbocycles. The van der Waals surface area contributed by atoms with Crippen molar-refractivity contribution in [2.24, 2.45) is 0 Å². The molecule has 1 aliphatic heterocycles. The lowest BCUT2D eigenvalue weighted by atomic mass is 10.2. The molecule has 1 aromatic rings. The van der Waals surface area contributed by atoms with E-state index in [2.05, 4.69) is 4.90 Å². The lowest BCUT2D eigenvalue weighted by molar-refractivity contribution is -0.138. The van der Waals surface area contributed by atoms with Crippen LogP contribution in [0.1, 0.15) is 9.67 Å². The number of carboxylic acid groups (broad SMARTS) is 1. The van der Waals surface area contributed by atoms with E-state index in [0.29, 0.717) is 19.6 Å². The number of thiophene rings is 1. The average Bonchev–Trinajstić information content (AvgIpc) is 2.84. The quantitative estimate of drug-likeness (QED) is 0.794. The highest BCUT2D eigenvalue weighted by molar-refractivity contribution is 7.12. The Morgan fingerprint density at radius 3 is 2.28 bits per heavy atom. The molecule has 2 heterocycles. The van der Waals surface area contributed by atoms with Crippen LogP contribution in [0.5, 0.6) is 0 Å². The zero-order valence-electron chi connectivity index (χ0n) is 10.0. The molecule has 0 amide bonds. The van der Waals surface area contributed by atoms with E-state index in [1.807, 2.05) is 22.4 Å². The van der Waals surface area contributed by atoms with Crippen LogP contribution >= 0.6 is 11.3 Å². The van der Waals surface area contributed by atoms with Crippen molar-refractivity contribution in [2.75, 3.05) is 39.3 Å². The molecule has 2 rings (SSSR count). The van der Waals surface area contributed by atoms with Gasteiger partial charge >= 0.3 is 5.97 Å². The number of carboxylic acids is 1. The maximum atomic E-state index is 11.9. The number of carbonyl (C=O) groups excluding carboxylic acids is 1. The largest absolute Gasteiger partial charge is 0.480 e. The van der Waals surface area contributed by atoms with Crippen LogP contribution in [0.2, 0.25) is 0 Å². The molecule has 98 valence electrons. The predicted octanol–water partition coefficient (Wildman–Crippen LogP) is 0.633. The summed E-state index contributed by atoms with van der Waals surface area (Å²) in [6.45, 7) is 3.46. The SMILES string of the molecule is O=C(O)CN1CCN(CC(=O)c2cccs2)CC1. The molecule has 1 fully saturated rings. The Hall–Kier alpha value is -1.24. The molecule has 5 nitrogen and oxygen atoms in total. The Morgan fingerprint density at radius 1 is 1.17 bits per heavy atom. The van der Waals surface area contributed by atoms with Gasteiger partial charge in [-0.2, -0.15) is 0 Å². The maximum absolute atomic E-state index is 11.9. The van der Waals surface area contributed by atoms with Crippen molar-refractivity contribution >= 4 is 23.1 Å². The van der Waals surface area contributed by atoms with Gasteiger partial charge in [-0.3, -0.25) is 19.4 Å². The molecule has 0 spiro atoms. The first-order chi connectivity index (χ1) is 8.65. The van der Waals surface area contributed by atoms with Gasteiger partial charge in [-0.15, -0.1) is 11.3 Å². The third kappa shape index (κ3) is 3.63. The molecule has 6 heteroatoms. The van der Waals surface area contributed by atoms with E-state index in [1.54, 1.807) is 0 Å². The number of ketones is 1. The van der Waals surface area contributed by atoms with Crippen molar-refractivity contribution in [2.45, 2.75) is 0 Å². The predicted molar refractivity (Wildman–Crippen MR) is 69.2 cm³/mol. The standard InChI is InChI=1S/C12H16N2O3S/c15-10(11-2-1-7-18-11)8-13-3-5-14(6-4-13)9-12(16)17/h1-2,7H,3-6,8-9H2,(H,16,17). The van der Waals surface area contributed by atoms with Gasteiger partial charge < -0.3 is 5.11 Å². The lowest BCUT2D eigenvalue weighted by Crippen LogP contribution is -2.49. The van der Waals surface area contributed by atoms with Gasteiger partial charge in [0.2, 0.25) is 0 Å². The average molecular weight is 268 g/mol. The summed E-state index contributed by atoms with van der Waals surface area (Å²) in [6.07, 6.45) is 0. The number of aliphatic carboxylic acids is 1. The first-order valence-corrected chi connectivity index (χ1v) is 6.76. The number of rotatable bonds is 5. The minimum absolute atomic E-state index is 0.0900. The molecule has 1 N–H and O–H groups in total. The summed E-state index contributed by atoms with van der Waals surface area (Å²) in [6, 6.07) is 3.72. The highest BCUT2D eigenvalue weighted by Gasteiger charge is 2.20. The van der Waals surface area contributed by atoms with E-state index in [0.717, 1.165) is 18.0 Å². The molecule has 0 atom stereocenters. The van der Waals surface area contributed by atoms with E-state index >= 15 is 0 Å². The van der Waals surface area contributed by atoms with Crippen molar-refractivity contribution in [3.05, 3.63) is 22.4 Å². The van der Waals surface area contributed by atoms with Crippen LogP contribution in [0.3, 0.4) is 0 Å². The van der Waals surface area contributed by atoms with Gasteiger partial charge in [-0.25, -0.2) is 0 Å². The monoisotopic (exact) mass is 268 g/mol. The molecular weight excluding hydrogens is 252 g/mol. The summed E-state index contributed by atoms with van der Waals surface area (Å²) >= 11 is 1.46. The van der Waals surface area contributed by atoms with Gasteiger partial charge in [0, 0.05) is 26.2 Å². The number of Topliss-reactive ketones (excluding diaryl/α,β-unsaturated/α-hetero) is 1. The number of hydrogen-bond donors (Lipinski definition) is 1. The summed E-state index contributed by atoms with van der Waals surface area (Å²) in [4.78, 5) is 27.2. The molecular formula is C12H16N2O3S. The van der Waals surface area contributed by atoms with Crippen LogP contribution < -0.4 is 0 Å². The summed E-state index contributed by atoms with van der Waals surface area (Å²) in [5, 5.41) is 10.6. The Balaban J connectivity index is 1.77. The number of piperazine rings is 1. The molecule has 0 radical (unpaired) electrons. The van der Waals surface area contributed by atoms with Gasteiger partial charge in [0.1, 0.15) is 0 Å². The van der Waals surface area contributed by atoms with Gasteiger partial charge in [-0.05, 0) is 11.4 Å². The second-order valence-electron chi connectivity index (χ2n) is 4.35. The molecule has 1 aliphatic rings. The highest BCUT2D eigenvalue weighted by atomic mass is 32.1. The van der Waals surface area contributed by atoms with Crippen molar-refractivity contribution in [1.82, 2.24) is 9.80 Å². The van der Waals surface area contributed by atoms with Crippen LogP contribution in [0, 0.1) is 0 Å². The van der Waals surface area contributed by atoms with Crippen LogP contribution in [0.15, 0.2) is 17.5 Å². The third-order valence-corrected chi connectivity index (χ3v) is 3.90. The smallest absolute Gasteiger partial charge is 0.317 e. The molecule has 1 saturated heterocycles. The lowest BCUT2D eigenvalue weighted by Gasteiger charge is -2.33. The van der Waals surface area contributed by atoms with Crippen LogP contribution in [-0.4, -0.2) is 65.9 Å². The summed E-state index contributed by atoms with van der Waals surface area (Å²) in [5.41, 5.74) is 0. The molecule has 0 unspecified atom stereocenters. The van der Waals surface area contributed by atoms with E-state index in [9.17, 15) is 9.59 Å². The topological polar surface area (TPSA) is 60.9 Å². The van der Waals surface area contributed by atoms with Crippen LogP contribution in [0.25, 0.3) is 0 Å². The minimum atomic E-state index is -0.793. The number of nitrogens with zero attached hydrogens (tertiary/aromatic N) is 2. The highest BCUT2D eigenvalue weighted by Crippen LogP contribution is 2.11. The zero-order chi connectivity index (χ0) is 13.0. The molecule has 18 heavy (non-hydrogen) atoms. The minimum Gasteiger partial charge on any atom is -0.480 e. The van der Waals surface area contributed by atoms with Crippen molar-refractivity contribution in [3.8, 4) is 0 Å². The Morgan fingerprint density at radius 2 is 1.78 bits per heavy atom. The Bertz CT molecular complexity index is 411. The second kappa shape index (κ2) is 6.08. The van der Waals surface area contributed by atoms with Gasteiger partial charge in [0.15, 0.2) is 5.78 Å². The molecule has 0 aliphatic carbocycles. The fourth-order valence-corrected chi connectivity index (χ4v) is 2.67. The van der Waals surface area contributed by atoms with Crippen molar-refractivity contribution < 1.29 is 14.7 Å². The van der Waals surface area contributed by atoms with Crippen LogP contribution in [0.4, 0.5) is 0 Å². The van der Waals surface area contributed by atoms with E-state index in [-0.39, 0.29) is 12.3 Å². The second-order valence-corrected chi connectivity index (χ2v) is 5.29. The molecule has 1 aromatic heterocycles. The van der Waals surface area contributed by atoms with E-state index in [4.69, 9.17) is 5.11 Å². The summed E-state index contributed by atoms with van der Waals surface area (Å²) in [7, 11) is 0. The Labute approximate surface area is 110 Å². The first kappa shape index (κ1) is 13.2. The van der Waals surface area contributed by atoms with Gasteiger partial charge in [0.25, 0.3) is 0 Å². The summed E-state index contributed by atoms with van der Waals surface area (Å²) in [5.74, 6) is -0.644. The first-order valence-electron chi connectivity index (χ1n) is 5.88.